The number of hydrogen-bond donors (Lipinski definition) is 1. The Labute approximate surface area is 265 Å². The van der Waals surface area contributed by atoms with Crippen molar-refractivity contribution >= 4 is 21.8 Å². The molecule has 3 nitrogen and oxygen atoms in total. The number of para-hydroxylation sites is 2. The molecule has 0 saturated carbocycles. The molecule has 4 heterocycles. The van der Waals surface area contributed by atoms with E-state index in [0.717, 1.165) is 61.6 Å². The highest BCUT2D eigenvalue weighted by atomic mass is 14.8. The minimum absolute atomic E-state index is 0.0588. The van der Waals surface area contributed by atoms with Gasteiger partial charge in [0.1, 0.15) is 0 Å². The van der Waals surface area contributed by atoms with Crippen LogP contribution in [-0.4, -0.2) is 15.0 Å². The number of hydrogen-bond acceptors (Lipinski definition) is 2. The zero-order chi connectivity index (χ0) is 31.1. The number of aromatic amines is 1. The average Bonchev–Trinajstić information content (AvgIpc) is 3.42. The first kappa shape index (κ1) is 27.5. The molecule has 0 atom stereocenters. The summed E-state index contributed by atoms with van der Waals surface area (Å²) in [5.74, 6) is 0. The Kier molecular flexibility index (Phi) is 5.96. The molecule has 3 aromatic heterocycles. The van der Waals surface area contributed by atoms with Crippen molar-refractivity contribution < 1.29 is 0 Å². The largest absolute Gasteiger partial charge is 0.353 e. The van der Waals surface area contributed by atoms with Crippen molar-refractivity contribution in [1.82, 2.24) is 15.0 Å². The maximum Gasteiger partial charge on any atom is 0.0733 e. The van der Waals surface area contributed by atoms with Crippen LogP contribution in [0.4, 0.5) is 0 Å². The van der Waals surface area contributed by atoms with Gasteiger partial charge in [-0.15, -0.1) is 0 Å². The number of pyridine rings is 2. The van der Waals surface area contributed by atoms with Gasteiger partial charge in [-0.2, -0.15) is 0 Å². The lowest BCUT2D eigenvalue weighted by atomic mass is 9.84. The van der Waals surface area contributed by atoms with Gasteiger partial charge in [-0.3, -0.25) is 0 Å². The molecule has 1 aliphatic rings. The van der Waals surface area contributed by atoms with Gasteiger partial charge >= 0.3 is 0 Å². The Morgan fingerprint density at radius 3 is 1.33 bits per heavy atom. The van der Waals surface area contributed by atoms with E-state index in [4.69, 9.17) is 9.97 Å². The second kappa shape index (κ2) is 9.74. The van der Waals surface area contributed by atoms with E-state index in [1.165, 1.54) is 27.5 Å². The molecular weight excluding hydrogens is 546 g/mol. The summed E-state index contributed by atoms with van der Waals surface area (Å²) < 4.78 is 0. The third-order valence-corrected chi connectivity index (χ3v) is 9.24. The standard InChI is InChI=1S/C42H37N3/c1-41(2,3)29-21-35-27-18-26(25-12-8-7-9-13-25)19-28(20-27)36-22-30(42(4,5)6)24-38(44-36)34-17-11-15-32-31-14-10-16-33(37(23-29)43-35)39(31)45-40(32)34/h7-24,45H,1-6H3. The second-order valence-electron chi connectivity index (χ2n) is 14.5. The molecule has 0 saturated heterocycles. The van der Waals surface area contributed by atoms with E-state index in [2.05, 4.69) is 156 Å². The summed E-state index contributed by atoms with van der Waals surface area (Å²) in [6.07, 6.45) is 0. The van der Waals surface area contributed by atoms with Crippen LogP contribution < -0.4 is 0 Å². The van der Waals surface area contributed by atoms with E-state index in [0.29, 0.717) is 0 Å². The highest BCUT2D eigenvalue weighted by Crippen LogP contribution is 2.41. The third-order valence-electron chi connectivity index (χ3n) is 9.24. The van der Waals surface area contributed by atoms with Crippen LogP contribution in [0.1, 0.15) is 52.7 Å². The molecule has 0 unspecified atom stereocenters. The van der Waals surface area contributed by atoms with Crippen LogP contribution in [0.2, 0.25) is 0 Å². The van der Waals surface area contributed by atoms with Crippen molar-refractivity contribution in [3.63, 3.8) is 0 Å². The van der Waals surface area contributed by atoms with E-state index < -0.39 is 0 Å². The Hall–Kier alpha value is -5.02. The summed E-state index contributed by atoms with van der Waals surface area (Å²) in [6.45, 7) is 13.7. The maximum absolute atomic E-state index is 5.41. The van der Waals surface area contributed by atoms with Gasteiger partial charge in [0.05, 0.1) is 33.8 Å². The van der Waals surface area contributed by atoms with Crippen LogP contribution in [0.3, 0.4) is 0 Å². The molecule has 8 bridgehead atoms. The molecule has 1 N–H and O–H groups in total. The van der Waals surface area contributed by atoms with Crippen LogP contribution >= 0.6 is 0 Å². The first-order valence-electron chi connectivity index (χ1n) is 15.8. The summed E-state index contributed by atoms with van der Waals surface area (Å²) in [6, 6.07) is 39.7. The molecule has 45 heavy (non-hydrogen) atoms. The van der Waals surface area contributed by atoms with Crippen molar-refractivity contribution in [1.29, 1.82) is 0 Å². The van der Waals surface area contributed by atoms with Crippen molar-refractivity contribution in [2.24, 2.45) is 0 Å². The van der Waals surface area contributed by atoms with Crippen molar-refractivity contribution in [2.75, 3.05) is 0 Å². The number of rotatable bonds is 1. The fourth-order valence-electron chi connectivity index (χ4n) is 6.59. The van der Waals surface area contributed by atoms with Gasteiger partial charge in [-0.1, -0.05) is 108 Å². The number of aromatic nitrogens is 3. The molecule has 0 amide bonds. The smallest absolute Gasteiger partial charge is 0.0733 e. The van der Waals surface area contributed by atoms with Crippen LogP contribution in [-0.2, 0) is 10.8 Å². The Bertz CT molecular complexity index is 2140. The Balaban J connectivity index is 1.56. The lowest BCUT2D eigenvalue weighted by Gasteiger charge is -2.22. The molecule has 3 heteroatoms. The fraction of sp³-hybridized carbons (Fsp3) is 0.190. The van der Waals surface area contributed by atoms with Gasteiger partial charge in [-0.25, -0.2) is 9.97 Å². The quantitative estimate of drug-likeness (QED) is 0.209. The van der Waals surface area contributed by atoms with Crippen LogP contribution in [0.15, 0.2) is 109 Å². The fourth-order valence-corrected chi connectivity index (χ4v) is 6.59. The summed E-state index contributed by atoms with van der Waals surface area (Å²) in [5.41, 5.74) is 15.2. The second-order valence-corrected chi connectivity index (χ2v) is 14.5. The Morgan fingerprint density at radius 2 is 0.867 bits per heavy atom. The summed E-state index contributed by atoms with van der Waals surface area (Å²) in [5, 5.41) is 2.39. The molecule has 7 aromatic rings. The summed E-state index contributed by atoms with van der Waals surface area (Å²) in [7, 11) is 0. The van der Waals surface area contributed by atoms with Gasteiger partial charge in [0.15, 0.2) is 0 Å². The van der Waals surface area contributed by atoms with Gasteiger partial charge in [0, 0.05) is 33.0 Å². The number of nitrogens with one attached hydrogen (secondary N) is 1. The van der Waals surface area contributed by atoms with Crippen LogP contribution in [0, 0.1) is 0 Å². The topological polar surface area (TPSA) is 41.6 Å². The number of nitrogens with zero attached hydrogens (tertiary/aromatic N) is 2. The number of H-pyrrole nitrogens is 1. The Morgan fingerprint density at radius 1 is 0.422 bits per heavy atom. The van der Waals surface area contributed by atoms with E-state index in [1.807, 2.05) is 0 Å². The predicted molar refractivity (Wildman–Crippen MR) is 190 cm³/mol. The number of fused-ring (bicyclic) bond motifs is 11. The van der Waals surface area contributed by atoms with Gasteiger partial charge in [0.2, 0.25) is 0 Å². The zero-order valence-corrected chi connectivity index (χ0v) is 26.8. The van der Waals surface area contributed by atoms with E-state index in [9.17, 15) is 0 Å². The molecule has 8 rings (SSSR count). The molecule has 0 fully saturated rings. The summed E-state index contributed by atoms with van der Waals surface area (Å²) in [4.78, 5) is 14.7. The predicted octanol–water partition coefficient (Wildman–Crippen LogP) is 11.4. The molecule has 4 aromatic carbocycles. The average molecular weight is 584 g/mol. The van der Waals surface area contributed by atoms with E-state index in [1.54, 1.807) is 0 Å². The molecular formula is C42H37N3. The lowest BCUT2D eigenvalue weighted by Crippen LogP contribution is -2.12. The summed E-state index contributed by atoms with van der Waals surface area (Å²) >= 11 is 0. The highest BCUT2D eigenvalue weighted by Gasteiger charge is 2.23. The van der Waals surface area contributed by atoms with Crippen LogP contribution in [0.5, 0.6) is 0 Å². The van der Waals surface area contributed by atoms with E-state index in [-0.39, 0.29) is 10.8 Å². The zero-order valence-electron chi connectivity index (χ0n) is 26.8. The normalized spacial score (nSPS) is 12.7. The number of benzene rings is 4. The van der Waals surface area contributed by atoms with Crippen molar-refractivity contribution in [3.05, 3.63) is 120 Å². The highest BCUT2D eigenvalue weighted by molar-refractivity contribution is 6.15. The maximum atomic E-state index is 5.41. The third kappa shape index (κ3) is 4.66. The SMILES string of the molecule is CC(C)(C)c1cc2nc(c1)-c1cccc3c1[nH]c1c(cccc13)-c1cc(C(C)(C)C)cc(n1)-c1cc(-c3ccccc3)cc-2c1. The molecule has 1 aliphatic heterocycles. The lowest BCUT2D eigenvalue weighted by molar-refractivity contribution is 0.589. The van der Waals surface area contributed by atoms with Gasteiger partial charge < -0.3 is 4.98 Å². The van der Waals surface area contributed by atoms with Gasteiger partial charge in [0.25, 0.3) is 0 Å². The first-order chi connectivity index (χ1) is 21.5. The van der Waals surface area contributed by atoms with E-state index >= 15 is 0 Å². The molecule has 0 radical (unpaired) electrons. The first-order valence-corrected chi connectivity index (χ1v) is 15.8. The molecule has 0 spiro atoms. The van der Waals surface area contributed by atoms with Gasteiger partial charge in [-0.05, 0) is 75.5 Å². The van der Waals surface area contributed by atoms with Crippen molar-refractivity contribution in [3.8, 4) is 56.2 Å². The minimum Gasteiger partial charge on any atom is -0.353 e. The molecule has 0 aliphatic carbocycles. The monoisotopic (exact) mass is 583 g/mol. The molecule has 220 valence electrons. The van der Waals surface area contributed by atoms with Crippen molar-refractivity contribution in [2.45, 2.75) is 52.4 Å². The van der Waals surface area contributed by atoms with Crippen LogP contribution in [0.25, 0.3) is 78.0 Å². The minimum atomic E-state index is -0.0588.